The van der Waals surface area contributed by atoms with Gasteiger partial charge in [0.05, 0.1) is 33.7 Å². The molecule has 2 amide bonds. The smallest absolute Gasteiger partial charge is 0.383 e. The van der Waals surface area contributed by atoms with Crippen LogP contribution in [0.2, 0.25) is 0 Å². The summed E-state index contributed by atoms with van der Waals surface area (Å²) < 4.78 is 43.9. The first-order valence-electron chi connectivity index (χ1n) is 11.7. The average Bonchev–Trinajstić information content (AvgIpc) is 3.61. The van der Waals surface area contributed by atoms with E-state index in [0.29, 0.717) is 17.7 Å². The van der Waals surface area contributed by atoms with Crippen molar-refractivity contribution in [1.82, 2.24) is 9.91 Å². The largest absolute Gasteiger partial charge is 0.416 e. The molecule has 2 heterocycles. The SMILES string of the molecule is COCCN(CC(=O)N1N=C(c2cccs2)C[C@H]1c1cccc([N+](=O)[O-])c1)C(=O)c1ccc(C(F)(F)F)cc1. The molecule has 1 aliphatic heterocycles. The lowest BCUT2D eigenvalue weighted by Gasteiger charge is -2.27. The fourth-order valence-electron chi connectivity index (χ4n) is 4.11. The van der Waals surface area contributed by atoms with Gasteiger partial charge < -0.3 is 9.64 Å². The number of non-ortho nitro benzene ring substituents is 1. The molecule has 13 heteroatoms. The van der Waals surface area contributed by atoms with Crippen molar-refractivity contribution in [1.29, 1.82) is 0 Å². The first-order valence-corrected chi connectivity index (χ1v) is 12.6. The van der Waals surface area contributed by atoms with Crippen LogP contribution in [-0.2, 0) is 15.7 Å². The number of nitro groups is 1. The number of thiophene rings is 1. The van der Waals surface area contributed by atoms with Gasteiger partial charge in [-0.25, -0.2) is 5.01 Å². The molecule has 3 aromatic rings. The van der Waals surface area contributed by atoms with Crippen molar-refractivity contribution in [2.75, 3.05) is 26.8 Å². The molecular formula is C26H23F3N4O5S. The third-order valence-corrected chi connectivity index (χ3v) is 6.99. The van der Waals surface area contributed by atoms with Crippen LogP contribution in [0.25, 0.3) is 0 Å². The normalized spacial score (nSPS) is 15.2. The van der Waals surface area contributed by atoms with E-state index in [4.69, 9.17) is 4.74 Å². The van der Waals surface area contributed by atoms with Crippen LogP contribution < -0.4 is 0 Å². The van der Waals surface area contributed by atoms with Gasteiger partial charge in [-0.2, -0.15) is 18.3 Å². The van der Waals surface area contributed by atoms with Crippen molar-refractivity contribution >= 4 is 34.6 Å². The first kappa shape index (κ1) is 27.9. The molecule has 204 valence electrons. The van der Waals surface area contributed by atoms with Gasteiger partial charge >= 0.3 is 6.18 Å². The fourth-order valence-corrected chi connectivity index (χ4v) is 4.83. The van der Waals surface area contributed by atoms with Crippen molar-refractivity contribution in [3.8, 4) is 0 Å². The van der Waals surface area contributed by atoms with E-state index in [9.17, 15) is 32.9 Å². The number of nitrogens with zero attached hydrogens (tertiary/aromatic N) is 4. The highest BCUT2D eigenvalue weighted by molar-refractivity contribution is 7.12. The Morgan fingerprint density at radius 1 is 1.18 bits per heavy atom. The number of halogens is 3. The maximum absolute atomic E-state index is 13.6. The van der Waals surface area contributed by atoms with Crippen LogP contribution in [0.15, 0.2) is 71.1 Å². The monoisotopic (exact) mass is 560 g/mol. The van der Waals surface area contributed by atoms with E-state index in [1.165, 1.54) is 46.6 Å². The molecule has 0 radical (unpaired) electrons. The highest BCUT2D eigenvalue weighted by Crippen LogP contribution is 2.35. The quantitative estimate of drug-likeness (QED) is 0.266. The topological polar surface area (TPSA) is 105 Å². The van der Waals surface area contributed by atoms with E-state index in [-0.39, 0.29) is 24.4 Å². The molecular weight excluding hydrogens is 537 g/mol. The number of hydrogen-bond donors (Lipinski definition) is 0. The molecule has 0 saturated heterocycles. The summed E-state index contributed by atoms with van der Waals surface area (Å²) in [6.45, 7) is -0.355. The minimum absolute atomic E-state index is 0.00108. The van der Waals surface area contributed by atoms with Crippen LogP contribution in [0.5, 0.6) is 0 Å². The standard InChI is InChI=1S/C26H23F3N4O5S/c1-38-12-11-31(25(35)17-7-9-19(10-8-17)26(27,28)29)16-24(34)32-22(15-21(30-32)23-6-3-13-39-23)18-4-2-5-20(14-18)33(36)37/h2-10,13-14,22H,11-12,15-16H2,1H3/t22-/m0/s1. The number of hydrazone groups is 1. The summed E-state index contributed by atoms with van der Waals surface area (Å²) in [5, 5.41) is 18.9. The molecule has 0 aliphatic carbocycles. The number of carbonyl (C=O) groups excluding carboxylic acids is 2. The molecule has 1 atom stereocenters. The highest BCUT2D eigenvalue weighted by Gasteiger charge is 2.36. The second-order valence-corrected chi connectivity index (χ2v) is 9.58. The number of amides is 2. The Hall–Kier alpha value is -4.10. The van der Waals surface area contributed by atoms with Gasteiger partial charge in [-0.15, -0.1) is 11.3 Å². The molecule has 39 heavy (non-hydrogen) atoms. The Morgan fingerprint density at radius 2 is 1.92 bits per heavy atom. The lowest BCUT2D eigenvalue weighted by Crippen LogP contribution is -2.42. The van der Waals surface area contributed by atoms with Gasteiger partial charge in [-0.05, 0) is 41.3 Å². The number of benzene rings is 2. The molecule has 1 aliphatic rings. The Labute approximate surface area is 225 Å². The molecule has 0 bridgehead atoms. The van der Waals surface area contributed by atoms with Crippen molar-refractivity contribution in [3.05, 3.63) is 97.7 Å². The Bertz CT molecular complexity index is 1380. The van der Waals surface area contributed by atoms with Gasteiger partial charge in [0.15, 0.2) is 0 Å². The maximum atomic E-state index is 13.6. The lowest BCUT2D eigenvalue weighted by molar-refractivity contribution is -0.385. The van der Waals surface area contributed by atoms with Crippen molar-refractivity contribution in [2.24, 2.45) is 5.10 Å². The lowest BCUT2D eigenvalue weighted by atomic mass is 10.0. The van der Waals surface area contributed by atoms with Crippen LogP contribution in [0.4, 0.5) is 18.9 Å². The number of ether oxygens (including phenoxy) is 1. The summed E-state index contributed by atoms with van der Waals surface area (Å²) in [4.78, 5) is 39.6. The van der Waals surface area contributed by atoms with Gasteiger partial charge in [0.2, 0.25) is 0 Å². The van der Waals surface area contributed by atoms with E-state index in [2.05, 4.69) is 5.10 Å². The fraction of sp³-hybridized carbons (Fsp3) is 0.269. The van der Waals surface area contributed by atoms with Crippen LogP contribution in [0.1, 0.15) is 38.8 Å². The van der Waals surface area contributed by atoms with Crippen LogP contribution in [0, 0.1) is 10.1 Å². The summed E-state index contributed by atoms with van der Waals surface area (Å²) in [6.07, 6.45) is -4.25. The Kier molecular flexibility index (Phi) is 8.41. The van der Waals surface area contributed by atoms with Gasteiger partial charge in [0, 0.05) is 37.8 Å². The maximum Gasteiger partial charge on any atom is 0.416 e. The third-order valence-electron chi connectivity index (χ3n) is 6.08. The molecule has 4 rings (SSSR count). The van der Waals surface area contributed by atoms with Crippen molar-refractivity contribution in [2.45, 2.75) is 18.6 Å². The Morgan fingerprint density at radius 3 is 2.54 bits per heavy atom. The minimum Gasteiger partial charge on any atom is -0.383 e. The minimum atomic E-state index is -4.55. The summed E-state index contributed by atoms with van der Waals surface area (Å²) in [6, 6.07) is 12.7. The predicted molar refractivity (Wildman–Crippen MR) is 137 cm³/mol. The zero-order valence-electron chi connectivity index (χ0n) is 20.6. The summed E-state index contributed by atoms with van der Waals surface area (Å²) >= 11 is 1.43. The molecule has 0 fully saturated rings. The van der Waals surface area contributed by atoms with Crippen LogP contribution in [-0.4, -0.2) is 59.2 Å². The average molecular weight is 561 g/mol. The van der Waals surface area contributed by atoms with Crippen molar-refractivity contribution in [3.63, 3.8) is 0 Å². The molecule has 0 saturated carbocycles. The van der Waals surface area contributed by atoms with Gasteiger partial charge in [-0.3, -0.25) is 19.7 Å². The molecule has 0 N–H and O–H groups in total. The second-order valence-electron chi connectivity index (χ2n) is 8.63. The van der Waals surface area contributed by atoms with E-state index >= 15 is 0 Å². The number of nitro benzene ring substituents is 1. The van der Waals surface area contributed by atoms with E-state index in [1.54, 1.807) is 6.07 Å². The predicted octanol–water partition coefficient (Wildman–Crippen LogP) is 5.14. The number of carbonyl (C=O) groups is 2. The van der Waals surface area contributed by atoms with E-state index in [0.717, 1.165) is 29.1 Å². The summed E-state index contributed by atoms with van der Waals surface area (Å²) in [5.74, 6) is -1.21. The molecule has 2 aromatic carbocycles. The van der Waals surface area contributed by atoms with Crippen LogP contribution >= 0.6 is 11.3 Å². The number of methoxy groups -OCH3 is 1. The molecule has 1 aromatic heterocycles. The summed E-state index contributed by atoms with van der Waals surface area (Å²) in [5.41, 5.74) is 0.0682. The highest BCUT2D eigenvalue weighted by atomic mass is 32.1. The van der Waals surface area contributed by atoms with Crippen molar-refractivity contribution < 1.29 is 32.4 Å². The molecule has 0 unspecified atom stereocenters. The number of rotatable bonds is 9. The molecule has 9 nitrogen and oxygen atoms in total. The van der Waals surface area contributed by atoms with Gasteiger partial charge in [0.25, 0.3) is 17.5 Å². The Balaban J connectivity index is 1.61. The zero-order valence-corrected chi connectivity index (χ0v) is 21.4. The second kappa shape index (κ2) is 11.7. The van der Waals surface area contributed by atoms with Gasteiger partial charge in [0.1, 0.15) is 6.54 Å². The zero-order chi connectivity index (χ0) is 28.2. The van der Waals surface area contributed by atoms with Crippen LogP contribution in [0.3, 0.4) is 0 Å². The van der Waals surface area contributed by atoms with E-state index < -0.39 is 41.1 Å². The van der Waals surface area contributed by atoms with E-state index in [1.807, 2.05) is 17.5 Å². The molecule has 0 spiro atoms. The first-order chi connectivity index (χ1) is 18.6. The third kappa shape index (κ3) is 6.49. The number of alkyl halides is 3. The number of hydrogen-bond acceptors (Lipinski definition) is 7. The van der Waals surface area contributed by atoms with Gasteiger partial charge in [-0.1, -0.05) is 18.2 Å². The summed E-state index contributed by atoms with van der Waals surface area (Å²) in [7, 11) is 1.42.